The number of rotatable bonds is 3. The molecule has 6 heteroatoms. The monoisotopic (exact) mass is 426 g/mol. The van der Waals surface area contributed by atoms with Crippen molar-refractivity contribution in [3.8, 4) is 0 Å². The fraction of sp³-hybridized carbons (Fsp3) is 0.182. The van der Waals surface area contributed by atoms with Crippen LogP contribution in [0.2, 0.25) is 0 Å². The van der Waals surface area contributed by atoms with Crippen molar-refractivity contribution >= 4 is 55.5 Å². The zero-order valence-electron chi connectivity index (χ0n) is 8.93. The molecule has 0 bridgehead atoms. The molecule has 0 fully saturated rings. The quantitative estimate of drug-likeness (QED) is 0.727. The maximum Gasteiger partial charge on any atom is 0.139 e. The molecule has 0 atom stereocenters. The lowest BCUT2D eigenvalue weighted by atomic mass is 10.2. The van der Waals surface area contributed by atoms with Crippen LogP contribution in [0.25, 0.3) is 0 Å². The van der Waals surface area contributed by atoms with Crippen LogP contribution in [0.4, 0.5) is 10.1 Å². The standard InChI is InChI=1S/C11H9BrFIN2S/c1-6-2-7(12)8(13)3-9(6)15-5-11-16-4-10(14)17-11/h2-4,15H,5H2,1H3. The Kier molecular flexibility index (Phi) is 4.37. The SMILES string of the molecule is Cc1cc(Br)c(F)cc1NCc1ncc(I)s1. The average molecular weight is 427 g/mol. The molecule has 1 N–H and O–H groups in total. The lowest BCUT2D eigenvalue weighted by Gasteiger charge is -2.09. The summed E-state index contributed by atoms with van der Waals surface area (Å²) in [6.45, 7) is 2.56. The van der Waals surface area contributed by atoms with Gasteiger partial charge in [-0.05, 0) is 63.1 Å². The zero-order chi connectivity index (χ0) is 12.4. The molecule has 90 valence electrons. The van der Waals surface area contributed by atoms with Gasteiger partial charge in [-0.2, -0.15) is 0 Å². The minimum atomic E-state index is -0.258. The topological polar surface area (TPSA) is 24.9 Å². The second kappa shape index (κ2) is 5.62. The average Bonchev–Trinajstić information content (AvgIpc) is 2.68. The molecule has 0 unspecified atom stereocenters. The van der Waals surface area contributed by atoms with Crippen LogP contribution in [0.1, 0.15) is 10.6 Å². The third-order valence-electron chi connectivity index (χ3n) is 2.22. The molecule has 2 aromatic rings. The summed E-state index contributed by atoms with van der Waals surface area (Å²) in [5, 5.41) is 4.19. The Morgan fingerprint density at radius 2 is 2.29 bits per heavy atom. The Labute approximate surface area is 125 Å². The van der Waals surface area contributed by atoms with Gasteiger partial charge in [0.1, 0.15) is 10.8 Å². The van der Waals surface area contributed by atoms with Gasteiger partial charge in [0.05, 0.1) is 20.1 Å². The second-order valence-corrected chi connectivity index (χ2v) is 7.36. The third-order valence-corrected chi connectivity index (χ3v) is 4.56. The van der Waals surface area contributed by atoms with Crippen molar-refractivity contribution in [3.63, 3.8) is 0 Å². The van der Waals surface area contributed by atoms with Crippen molar-refractivity contribution in [1.82, 2.24) is 4.98 Å². The third kappa shape index (κ3) is 3.38. The van der Waals surface area contributed by atoms with Crippen LogP contribution < -0.4 is 5.32 Å². The van der Waals surface area contributed by atoms with E-state index in [1.54, 1.807) is 17.4 Å². The smallest absolute Gasteiger partial charge is 0.139 e. The molecule has 2 nitrogen and oxygen atoms in total. The highest BCUT2D eigenvalue weighted by Crippen LogP contribution is 2.25. The molecule has 2 rings (SSSR count). The summed E-state index contributed by atoms with van der Waals surface area (Å²) < 4.78 is 15.0. The van der Waals surface area contributed by atoms with E-state index in [1.807, 2.05) is 13.1 Å². The summed E-state index contributed by atoms with van der Waals surface area (Å²) in [6.07, 6.45) is 1.83. The molecule has 0 amide bonds. The van der Waals surface area contributed by atoms with E-state index in [0.717, 1.165) is 19.1 Å². The molecule has 0 saturated heterocycles. The molecule has 0 aliphatic rings. The van der Waals surface area contributed by atoms with Crippen LogP contribution in [-0.4, -0.2) is 4.98 Å². The van der Waals surface area contributed by atoms with Gasteiger partial charge in [-0.15, -0.1) is 11.3 Å². The summed E-state index contributed by atoms with van der Waals surface area (Å²) >= 11 is 7.03. The van der Waals surface area contributed by atoms with Gasteiger partial charge in [-0.3, -0.25) is 0 Å². The van der Waals surface area contributed by atoms with E-state index >= 15 is 0 Å². The number of thiazole rings is 1. The minimum Gasteiger partial charge on any atom is -0.378 e. The van der Waals surface area contributed by atoms with Gasteiger partial charge in [0.2, 0.25) is 0 Å². The Morgan fingerprint density at radius 3 is 2.94 bits per heavy atom. The van der Waals surface area contributed by atoms with Crippen molar-refractivity contribution in [2.24, 2.45) is 0 Å². The molecule has 17 heavy (non-hydrogen) atoms. The highest BCUT2D eigenvalue weighted by Gasteiger charge is 2.06. The predicted octanol–water partition coefficient (Wildman–Crippen LogP) is 4.57. The van der Waals surface area contributed by atoms with Gasteiger partial charge in [-0.1, -0.05) is 0 Å². The molecule has 0 spiro atoms. The molecule has 0 aliphatic carbocycles. The number of hydrogen-bond acceptors (Lipinski definition) is 3. The van der Waals surface area contributed by atoms with Crippen LogP contribution in [0.15, 0.2) is 22.8 Å². The first-order chi connectivity index (χ1) is 8.06. The van der Waals surface area contributed by atoms with Gasteiger partial charge in [-0.25, -0.2) is 9.37 Å². The van der Waals surface area contributed by atoms with E-state index in [0.29, 0.717) is 11.0 Å². The first-order valence-corrected chi connectivity index (χ1v) is 7.55. The maximum absolute atomic E-state index is 13.4. The number of benzene rings is 1. The van der Waals surface area contributed by atoms with Gasteiger partial charge in [0.25, 0.3) is 0 Å². The van der Waals surface area contributed by atoms with Crippen molar-refractivity contribution in [3.05, 3.63) is 42.1 Å². The number of halogens is 3. The molecule has 0 radical (unpaired) electrons. The summed E-state index contributed by atoms with van der Waals surface area (Å²) in [5.41, 5.74) is 1.81. The number of hydrogen-bond donors (Lipinski definition) is 1. The Hall–Kier alpha value is -0.210. The zero-order valence-corrected chi connectivity index (χ0v) is 13.5. The largest absolute Gasteiger partial charge is 0.378 e. The number of aromatic nitrogens is 1. The van der Waals surface area contributed by atoms with E-state index in [1.165, 1.54) is 6.07 Å². The van der Waals surface area contributed by atoms with Crippen molar-refractivity contribution < 1.29 is 4.39 Å². The minimum absolute atomic E-state index is 0.258. The predicted molar refractivity (Wildman–Crippen MR) is 81.0 cm³/mol. The Morgan fingerprint density at radius 1 is 1.53 bits per heavy atom. The van der Waals surface area contributed by atoms with Gasteiger partial charge in [0, 0.05) is 5.69 Å². The molecule has 1 heterocycles. The van der Waals surface area contributed by atoms with Gasteiger partial charge in [0.15, 0.2) is 0 Å². The number of aryl methyl sites for hydroxylation is 1. The first-order valence-electron chi connectivity index (χ1n) is 4.86. The van der Waals surface area contributed by atoms with E-state index in [9.17, 15) is 4.39 Å². The van der Waals surface area contributed by atoms with E-state index in [-0.39, 0.29) is 5.82 Å². The molecule has 0 aliphatic heterocycles. The Balaban J connectivity index is 2.11. The van der Waals surface area contributed by atoms with E-state index in [2.05, 4.69) is 48.8 Å². The Bertz CT molecular complexity index is 544. The number of nitrogens with zero attached hydrogens (tertiary/aromatic N) is 1. The normalized spacial score (nSPS) is 10.6. The van der Waals surface area contributed by atoms with Crippen molar-refractivity contribution in [2.45, 2.75) is 13.5 Å². The van der Waals surface area contributed by atoms with Gasteiger partial charge >= 0.3 is 0 Å². The lowest BCUT2D eigenvalue weighted by Crippen LogP contribution is -2.01. The fourth-order valence-electron chi connectivity index (χ4n) is 1.38. The van der Waals surface area contributed by atoms with Crippen molar-refractivity contribution in [1.29, 1.82) is 0 Å². The van der Waals surface area contributed by atoms with Crippen molar-refractivity contribution in [2.75, 3.05) is 5.32 Å². The molecule has 1 aromatic carbocycles. The first kappa shape index (κ1) is 13.2. The van der Waals surface area contributed by atoms with E-state index < -0.39 is 0 Å². The van der Waals surface area contributed by atoms with Crippen LogP contribution in [0.3, 0.4) is 0 Å². The van der Waals surface area contributed by atoms with Crippen LogP contribution in [0.5, 0.6) is 0 Å². The molecular weight excluding hydrogens is 418 g/mol. The molecule has 0 saturated carbocycles. The molecule has 1 aromatic heterocycles. The summed E-state index contributed by atoms with van der Waals surface area (Å²) in [7, 11) is 0. The second-order valence-electron chi connectivity index (χ2n) is 3.49. The fourth-order valence-corrected chi connectivity index (χ4v) is 3.32. The number of nitrogens with one attached hydrogen (secondary N) is 1. The highest BCUT2D eigenvalue weighted by molar-refractivity contribution is 14.1. The summed E-state index contributed by atoms with van der Waals surface area (Å²) in [4.78, 5) is 4.25. The van der Waals surface area contributed by atoms with Gasteiger partial charge < -0.3 is 5.32 Å². The van der Waals surface area contributed by atoms with Crippen LogP contribution >= 0.6 is 49.9 Å². The van der Waals surface area contributed by atoms with E-state index in [4.69, 9.17) is 0 Å². The summed E-state index contributed by atoms with van der Waals surface area (Å²) in [6, 6.07) is 3.27. The lowest BCUT2D eigenvalue weighted by molar-refractivity contribution is 0.621. The maximum atomic E-state index is 13.4. The molecular formula is C11H9BrFIN2S. The number of anilines is 1. The highest BCUT2D eigenvalue weighted by atomic mass is 127. The summed E-state index contributed by atoms with van der Waals surface area (Å²) in [5.74, 6) is -0.258. The van der Waals surface area contributed by atoms with Crippen LogP contribution in [-0.2, 0) is 6.54 Å². The van der Waals surface area contributed by atoms with Crippen LogP contribution in [0, 0.1) is 15.6 Å².